The lowest BCUT2D eigenvalue weighted by Gasteiger charge is -2.29. The fourth-order valence-electron chi connectivity index (χ4n) is 3.63. The van der Waals surface area contributed by atoms with E-state index >= 15 is 0 Å². The molecule has 20 heavy (non-hydrogen) atoms. The van der Waals surface area contributed by atoms with E-state index in [9.17, 15) is 4.79 Å². The van der Waals surface area contributed by atoms with Crippen molar-refractivity contribution in [2.24, 2.45) is 11.8 Å². The molecule has 3 rings (SSSR count). The van der Waals surface area contributed by atoms with Crippen LogP contribution in [0.4, 0.5) is 5.69 Å². The summed E-state index contributed by atoms with van der Waals surface area (Å²) >= 11 is 0. The number of nitrogen functional groups attached to an aromatic ring is 1. The Labute approximate surface area is 119 Å². The second-order valence-corrected chi connectivity index (χ2v) is 5.83. The zero-order valence-electron chi connectivity index (χ0n) is 11.7. The van der Waals surface area contributed by atoms with E-state index in [0.717, 1.165) is 25.1 Å². The topological polar surface area (TPSA) is 71.2 Å². The standard InChI is InChI=1S/C15H22N4O/c16-18-12-7-8-13(17-10-12)15(20)19-9-3-6-14(19)11-4-1-2-5-11/h7-8,10-11,14,18H,1-6,9,16H2. The van der Waals surface area contributed by atoms with Crippen LogP contribution in [0.15, 0.2) is 18.3 Å². The summed E-state index contributed by atoms with van der Waals surface area (Å²) in [6.45, 7) is 0.874. The number of amides is 1. The number of carbonyl (C=O) groups is 1. The molecule has 1 atom stereocenters. The highest BCUT2D eigenvalue weighted by atomic mass is 16.2. The molecule has 5 heteroatoms. The Kier molecular flexibility index (Phi) is 3.87. The number of nitrogens with zero attached hydrogens (tertiary/aromatic N) is 2. The van der Waals surface area contributed by atoms with Gasteiger partial charge in [0.25, 0.3) is 5.91 Å². The van der Waals surface area contributed by atoms with Crippen LogP contribution in [0.2, 0.25) is 0 Å². The van der Waals surface area contributed by atoms with Crippen LogP contribution in [0.3, 0.4) is 0 Å². The van der Waals surface area contributed by atoms with E-state index < -0.39 is 0 Å². The molecule has 1 aromatic heterocycles. The predicted molar refractivity (Wildman–Crippen MR) is 78.1 cm³/mol. The zero-order chi connectivity index (χ0) is 13.9. The SMILES string of the molecule is NNc1ccc(C(=O)N2CCCC2C2CCCC2)nc1. The molecule has 5 nitrogen and oxygen atoms in total. The quantitative estimate of drug-likeness (QED) is 0.654. The van der Waals surface area contributed by atoms with Crippen molar-refractivity contribution in [1.29, 1.82) is 0 Å². The summed E-state index contributed by atoms with van der Waals surface area (Å²) in [6, 6.07) is 3.97. The molecule has 3 N–H and O–H groups in total. The van der Waals surface area contributed by atoms with Crippen molar-refractivity contribution in [2.45, 2.75) is 44.6 Å². The molecule has 2 aliphatic rings. The zero-order valence-corrected chi connectivity index (χ0v) is 11.7. The highest BCUT2D eigenvalue weighted by molar-refractivity contribution is 5.93. The summed E-state index contributed by atoms with van der Waals surface area (Å²) < 4.78 is 0. The van der Waals surface area contributed by atoms with Crippen LogP contribution in [0, 0.1) is 5.92 Å². The maximum absolute atomic E-state index is 12.6. The second-order valence-electron chi connectivity index (χ2n) is 5.83. The van der Waals surface area contributed by atoms with Gasteiger partial charge in [0.05, 0.1) is 11.9 Å². The van der Waals surface area contributed by atoms with Crippen LogP contribution in [0.5, 0.6) is 0 Å². The first-order chi connectivity index (χ1) is 9.79. The van der Waals surface area contributed by atoms with Gasteiger partial charge >= 0.3 is 0 Å². The van der Waals surface area contributed by atoms with Crippen LogP contribution >= 0.6 is 0 Å². The third-order valence-corrected chi connectivity index (χ3v) is 4.65. The number of likely N-dealkylation sites (tertiary alicyclic amines) is 1. The van der Waals surface area contributed by atoms with Gasteiger partial charge in [-0.05, 0) is 43.7 Å². The van der Waals surface area contributed by atoms with Crippen LogP contribution in [-0.4, -0.2) is 28.4 Å². The summed E-state index contributed by atoms with van der Waals surface area (Å²) in [6.07, 6.45) is 9.06. The van der Waals surface area contributed by atoms with Crippen LogP contribution in [0.1, 0.15) is 49.0 Å². The van der Waals surface area contributed by atoms with Crippen LogP contribution in [-0.2, 0) is 0 Å². The van der Waals surface area contributed by atoms with Gasteiger partial charge in [0, 0.05) is 12.6 Å². The number of hydrogen-bond donors (Lipinski definition) is 2. The maximum Gasteiger partial charge on any atom is 0.272 e. The van der Waals surface area contributed by atoms with Gasteiger partial charge in [0.1, 0.15) is 5.69 Å². The molecule has 108 valence electrons. The maximum atomic E-state index is 12.6. The molecule has 1 amide bonds. The lowest BCUT2D eigenvalue weighted by molar-refractivity contribution is 0.0683. The Balaban J connectivity index is 1.74. The van der Waals surface area contributed by atoms with Gasteiger partial charge in [-0.2, -0.15) is 0 Å². The van der Waals surface area contributed by atoms with Gasteiger partial charge < -0.3 is 10.3 Å². The molecule has 0 aromatic carbocycles. The molecule has 1 unspecified atom stereocenters. The number of nitrogens with two attached hydrogens (primary N) is 1. The number of nitrogens with one attached hydrogen (secondary N) is 1. The van der Waals surface area contributed by atoms with Crippen molar-refractivity contribution in [3.8, 4) is 0 Å². The molecule has 1 aromatic rings. The van der Waals surface area contributed by atoms with Gasteiger partial charge in [-0.3, -0.25) is 10.6 Å². The first-order valence-corrected chi connectivity index (χ1v) is 7.53. The van der Waals surface area contributed by atoms with Crippen molar-refractivity contribution >= 4 is 11.6 Å². The Morgan fingerprint density at radius 1 is 1.25 bits per heavy atom. The molecule has 0 bridgehead atoms. The number of pyridine rings is 1. The van der Waals surface area contributed by atoms with E-state index in [1.165, 1.54) is 25.7 Å². The van der Waals surface area contributed by atoms with Crippen molar-refractivity contribution in [2.75, 3.05) is 12.0 Å². The lowest BCUT2D eigenvalue weighted by atomic mass is 9.96. The number of hydrogen-bond acceptors (Lipinski definition) is 4. The predicted octanol–water partition coefficient (Wildman–Crippen LogP) is 2.16. The second kappa shape index (κ2) is 5.79. The summed E-state index contributed by atoms with van der Waals surface area (Å²) in [5.74, 6) is 6.09. The van der Waals surface area contributed by atoms with E-state index in [2.05, 4.69) is 10.4 Å². The average molecular weight is 274 g/mol. The normalized spacial score (nSPS) is 23.2. The van der Waals surface area contributed by atoms with Crippen molar-refractivity contribution < 1.29 is 4.79 Å². The van der Waals surface area contributed by atoms with Crippen LogP contribution in [0.25, 0.3) is 0 Å². The average Bonchev–Trinajstić information content (AvgIpc) is 3.16. The molecule has 1 saturated carbocycles. The third kappa shape index (κ3) is 2.50. The molecule has 1 saturated heterocycles. The highest BCUT2D eigenvalue weighted by Crippen LogP contribution is 2.35. The Hall–Kier alpha value is -1.62. The molecule has 2 fully saturated rings. The number of aromatic nitrogens is 1. The third-order valence-electron chi connectivity index (χ3n) is 4.65. The summed E-state index contributed by atoms with van der Waals surface area (Å²) in [5.41, 5.74) is 3.77. The van der Waals surface area contributed by atoms with E-state index in [4.69, 9.17) is 5.84 Å². The molecule has 0 spiro atoms. The van der Waals surface area contributed by atoms with Crippen molar-refractivity contribution in [1.82, 2.24) is 9.88 Å². The monoisotopic (exact) mass is 274 g/mol. The van der Waals surface area contributed by atoms with Gasteiger partial charge in [0.2, 0.25) is 0 Å². The number of hydrazine groups is 1. The van der Waals surface area contributed by atoms with E-state index in [1.807, 2.05) is 4.90 Å². The number of rotatable bonds is 3. The molecule has 0 radical (unpaired) electrons. The van der Waals surface area contributed by atoms with Gasteiger partial charge in [-0.15, -0.1) is 0 Å². The number of anilines is 1. The Morgan fingerprint density at radius 2 is 2.05 bits per heavy atom. The molecule has 1 aliphatic carbocycles. The van der Waals surface area contributed by atoms with Crippen LogP contribution < -0.4 is 11.3 Å². The first-order valence-electron chi connectivity index (χ1n) is 7.53. The summed E-state index contributed by atoms with van der Waals surface area (Å²) in [5, 5.41) is 0. The Bertz CT molecular complexity index is 467. The van der Waals surface area contributed by atoms with E-state index in [-0.39, 0.29) is 5.91 Å². The minimum absolute atomic E-state index is 0.0722. The summed E-state index contributed by atoms with van der Waals surface area (Å²) in [4.78, 5) is 18.9. The minimum Gasteiger partial charge on any atom is -0.334 e. The van der Waals surface area contributed by atoms with Crippen molar-refractivity contribution in [3.05, 3.63) is 24.0 Å². The Morgan fingerprint density at radius 3 is 2.70 bits per heavy atom. The smallest absolute Gasteiger partial charge is 0.272 e. The molecule has 1 aliphatic heterocycles. The number of carbonyl (C=O) groups excluding carboxylic acids is 1. The molecular weight excluding hydrogens is 252 g/mol. The van der Waals surface area contributed by atoms with Gasteiger partial charge in [0.15, 0.2) is 0 Å². The van der Waals surface area contributed by atoms with Crippen molar-refractivity contribution in [3.63, 3.8) is 0 Å². The highest BCUT2D eigenvalue weighted by Gasteiger charge is 2.36. The molecular formula is C15H22N4O. The van der Waals surface area contributed by atoms with E-state index in [0.29, 0.717) is 17.7 Å². The fourth-order valence-corrected chi connectivity index (χ4v) is 3.63. The van der Waals surface area contributed by atoms with E-state index in [1.54, 1.807) is 18.3 Å². The lowest BCUT2D eigenvalue weighted by Crippen LogP contribution is -2.39. The van der Waals surface area contributed by atoms with Gasteiger partial charge in [-0.1, -0.05) is 12.8 Å². The molecule has 2 heterocycles. The van der Waals surface area contributed by atoms with Gasteiger partial charge in [-0.25, -0.2) is 4.98 Å². The largest absolute Gasteiger partial charge is 0.334 e. The summed E-state index contributed by atoms with van der Waals surface area (Å²) in [7, 11) is 0. The first kappa shape index (κ1) is 13.4. The minimum atomic E-state index is 0.0722. The fraction of sp³-hybridized carbons (Fsp3) is 0.600.